The van der Waals surface area contributed by atoms with Gasteiger partial charge in [-0.25, -0.2) is 13.1 Å². The predicted octanol–water partition coefficient (Wildman–Crippen LogP) is 0.288. The number of carbonyl (C=O) groups excluding carboxylic acids is 1. The number of benzene rings is 1. The van der Waals surface area contributed by atoms with E-state index < -0.39 is 21.7 Å². The van der Waals surface area contributed by atoms with E-state index in [0.717, 1.165) is 12.7 Å². The van der Waals surface area contributed by atoms with Crippen molar-refractivity contribution >= 4 is 16.0 Å². The summed E-state index contributed by atoms with van der Waals surface area (Å²) in [5, 5.41) is 0. The second-order valence-corrected chi connectivity index (χ2v) is 5.31. The zero-order valence-corrected chi connectivity index (χ0v) is 11.0. The number of hydrogen-bond acceptors (Lipinski definition) is 5. The second kappa shape index (κ2) is 6.36. The molecule has 0 aliphatic heterocycles. The van der Waals surface area contributed by atoms with E-state index in [2.05, 4.69) is 9.46 Å². The van der Waals surface area contributed by atoms with Crippen LogP contribution in [-0.2, 0) is 26.1 Å². The Balaban J connectivity index is 2.56. The molecule has 18 heavy (non-hydrogen) atoms. The maximum atomic E-state index is 11.5. The summed E-state index contributed by atoms with van der Waals surface area (Å²) in [6, 6.07) is 6.92. The quantitative estimate of drug-likeness (QED) is 0.753. The smallest absolute Gasteiger partial charge is 0.322 e. The molecule has 7 heteroatoms. The molecule has 0 aliphatic carbocycles. The van der Waals surface area contributed by atoms with E-state index in [1.807, 2.05) is 0 Å². The topological polar surface area (TPSA) is 81.7 Å². The molecule has 0 unspecified atom stereocenters. The maximum absolute atomic E-state index is 11.5. The molecule has 1 aromatic carbocycles. The van der Waals surface area contributed by atoms with Crippen molar-refractivity contribution < 1.29 is 22.7 Å². The third-order valence-electron chi connectivity index (χ3n) is 2.19. The van der Waals surface area contributed by atoms with E-state index >= 15 is 0 Å². The van der Waals surface area contributed by atoms with Crippen LogP contribution in [0.2, 0.25) is 0 Å². The highest BCUT2D eigenvalue weighted by Crippen LogP contribution is 2.11. The molecule has 0 radical (unpaired) electrons. The molecule has 0 spiro atoms. The molecule has 0 heterocycles. The summed E-state index contributed by atoms with van der Waals surface area (Å²) in [6.07, 6.45) is 0. The monoisotopic (exact) mass is 273 g/mol. The molecule has 0 aliphatic rings. The minimum absolute atomic E-state index is 0.114. The van der Waals surface area contributed by atoms with E-state index in [1.54, 1.807) is 31.4 Å². The first kappa shape index (κ1) is 14.5. The average molecular weight is 273 g/mol. The highest BCUT2D eigenvalue weighted by molar-refractivity contribution is 7.90. The van der Waals surface area contributed by atoms with Crippen LogP contribution >= 0.6 is 0 Å². The Morgan fingerprint density at radius 2 is 1.83 bits per heavy atom. The first-order valence-electron chi connectivity index (χ1n) is 5.14. The first-order chi connectivity index (χ1) is 8.46. The van der Waals surface area contributed by atoms with Crippen molar-refractivity contribution in [1.82, 2.24) is 4.72 Å². The number of carbonyl (C=O) groups is 1. The highest BCUT2D eigenvalue weighted by atomic mass is 32.2. The van der Waals surface area contributed by atoms with Crippen LogP contribution in [0.1, 0.15) is 5.56 Å². The molecule has 0 aromatic heterocycles. The van der Waals surface area contributed by atoms with Gasteiger partial charge in [0.25, 0.3) is 0 Å². The van der Waals surface area contributed by atoms with Crippen LogP contribution < -0.4 is 9.46 Å². The maximum Gasteiger partial charge on any atom is 0.322 e. The van der Waals surface area contributed by atoms with E-state index in [-0.39, 0.29) is 6.54 Å². The van der Waals surface area contributed by atoms with E-state index in [0.29, 0.717) is 5.75 Å². The van der Waals surface area contributed by atoms with Gasteiger partial charge in [-0.15, -0.1) is 0 Å². The zero-order valence-electron chi connectivity index (χ0n) is 10.2. The van der Waals surface area contributed by atoms with Crippen molar-refractivity contribution in [2.75, 3.05) is 20.0 Å². The second-order valence-electron chi connectivity index (χ2n) is 3.50. The van der Waals surface area contributed by atoms with Crippen molar-refractivity contribution in [3.8, 4) is 5.75 Å². The molecular weight excluding hydrogens is 258 g/mol. The Labute approximate surface area is 106 Å². The SMILES string of the molecule is COC(=O)CS(=O)(=O)NCc1ccc(OC)cc1. The van der Waals surface area contributed by atoms with Gasteiger partial charge < -0.3 is 9.47 Å². The summed E-state index contributed by atoms with van der Waals surface area (Å²) in [5.41, 5.74) is 0.768. The summed E-state index contributed by atoms with van der Waals surface area (Å²) in [7, 11) is -0.973. The highest BCUT2D eigenvalue weighted by Gasteiger charge is 2.16. The predicted molar refractivity (Wildman–Crippen MR) is 65.6 cm³/mol. The standard InChI is InChI=1S/C11H15NO5S/c1-16-10-5-3-9(4-6-10)7-12-18(14,15)8-11(13)17-2/h3-6,12H,7-8H2,1-2H3. The van der Waals surface area contributed by atoms with Crippen LogP contribution in [0.25, 0.3) is 0 Å². The zero-order chi connectivity index (χ0) is 13.6. The van der Waals surface area contributed by atoms with Crippen LogP contribution in [0, 0.1) is 0 Å². The van der Waals surface area contributed by atoms with Crippen LogP contribution in [-0.4, -0.2) is 34.4 Å². The number of rotatable bonds is 6. The lowest BCUT2D eigenvalue weighted by Crippen LogP contribution is -2.30. The van der Waals surface area contributed by atoms with Crippen LogP contribution in [0.4, 0.5) is 0 Å². The molecule has 1 rings (SSSR count). The van der Waals surface area contributed by atoms with Gasteiger partial charge in [-0.05, 0) is 17.7 Å². The summed E-state index contributed by atoms with van der Waals surface area (Å²) in [5.74, 6) is -0.784. The van der Waals surface area contributed by atoms with Crippen molar-refractivity contribution in [1.29, 1.82) is 0 Å². The number of nitrogens with one attached hydrogen (secondary N) is 1. The third-order valence-corrected chi connectivity index (χ3v) is 3.39. The minimum atomic E-state index is -3.66. The molecule has 0 fully saturated rings. The Bertz CT molecular complexity index is 495. The Morgan fingerprint density at radius 3 is 2.33 bits per heavy atom. The molecule has 1 aromatic rings. The molecule has 1 N–H and O–H groups in total. The lowest BCUT2D eigenvalue weighted by Gasteiger charge is -2.06. The van der Waals surface area contributed by atoms with Gasteiger partial charge in [0, 0.05) is 6.54 Å². The van der Waals surface area contributed by atoms with Gasteiger partial charge in [0.2, 0.25) is 10.0 Å². The molecule has 100 valence electrons. The molecule has 0 bridgehead atoms. The summed E-state index contributed by atoms with van der Waals surface area (Å²) in [6.45, 7) is 0.114. The van der Waals surface area contributed by atoms with Crippen molar-refractivity contribution in [3.63, 3.8) is 0 Å². The number of hydrogen-bond donors (Lipinski definition) is 1. The molecule has 0 atom stereocenters. The third kappa shape index (κ3) is 4.72. The molecular formula is C11H15NO5S. The van der Waals surface area contributed by atoms with Gasteiger partial charge in [-0.2, -0.15) is 0 Å². The summed E-state index contributed by atoms with van der Waals surface area (Å²) in [4.78, 5) is 10.9. The van der Waals surface area contributed by atoms with E-state index in [4.69, 9.17) is 4.74 Å². The minimum Gasteiger partial charge on any atom is -0.497 e. The number of esters is 1. The number of ether oxygens (including phenoxy) is 2. The lowest BCUT2D eigenvalue weighted by atomic mass is 10.2. The fraction of sp³-hybridized carbons (Fsp3) is 0.364. The lowest BCUT2D eigenvalue weighted by molar-refractivity contribution is -0.137. The van der Waals surface area contributed by atoms with E-state index in [1.165, 1.54) is 0 Å². The van der Waals surface area contributed by atoms with Gasteiger partial charge in [0.15, 0.2) is 5.75 Å². The fourth-order valence-corrected chi connectivity index (χ4v) is 2.12. The van der Waals surface area contributed by atoms with E-state index in [9.17, 15) is 13.2 Å². The summed E-state index contributed by atoms with van der Waals surface area (Å²) < 4.78 is 34.5. The Morgan fingerprint density at radius 1 is 1.22 bits per heavy atom. The average Bonchev–Trinajstić information content (AvgIpc) is 2.36. The Kier molecular flexibility index (Phi) is 5.11. The normalized spacial score (nSPS) is 11.0. The van der Waals surface area contributed by atoms with Gasteiger partial charge in [-0.1, -0.05) is 12.1 Å². The van der Waals surface area contributed by atoms with Crippen molar-refractivity contribution in [3.05, 3.63) is 29.8 Å². The molecule has 6 nitrogen and oxygen atoms in total. The molecule has 0 amide bonds. The van der Waals surface area contributed by atoms with Crippen LogP contribution in [0.15, 0.2) is 24.3 Å². The summed E-state index contributed by atoms with van der Waals surface area (Å²) >= 11 is 0. The first-order valence-corrected chi connectivity index (χ1v) is 6.79. The number of sulfonamides is 1. The van der Waals surface area contributed by atoms with Crippen molar-refractivity contribution in [2.24, 2.45) is 0 Å². The van der Waals surface area contributed by atoms with Gasteiger partial charge >= 0.3 is 5.97 Å². The number of methoxy groups -OCH3 is 2. The van der Waals surface area contributed by atoms with Crippen LogP contribution in [0.5, 0.6) is 5.75 Å². The van der Waals surface area contributed by atoms with Gasteiger partial charge in [0.1, 0.15) is 5.75 Å². The Hall–Kier alpha value is -1.60. The molecule has 0 saturated heterocycles. The van der Waals surface area contributed by atoms with Gasteiger partial charge in [0.05, 0.1) is 14.2 Å². The largest absolute Gasteiger partial charge is 0.497 e. The molecule has 0 saturated carbocycles. The van der Waals surface area contributed by atoms with Crippen molar-refractivity contribution in [2.45, 2.75) is 6.54 Å². The van der Waals surface area contributed by atoms with Crippen LogP contribution in [0.3, 0.4) is 0 Å². The van der Waals surface area contributed by atoms with Gasteiger partial charge in [-0.3, -0.25) is 4.79 Å². The fourth-order valence-electron chi connectivity index (χ4n) is 1.20.